The van der Waals surface area contributed by atoms with Gasteiger partial charge in [-0.1, -0.05) is 42.5 Å². The Morgan fingerprint density at radius 2 is 0.955 bits per heavy atom. The lowest BCUT2D eigenvalue weighted by molar-refractivity contribution is 1.14. The van der Waals surface area contributed by atoms with Crippen molar-refractivity contribution in [1.29, 1.82) is 15.8 Å². The van der Waals surface area contributed by atoms with E-state index >= 15 is 0 Å². The van der Waals surface area contributed by atoms with Crippen LogP contribution in [0, 0.1) is 34.0 Å². The lowest BCUT2D eigenvalue weighted by Crippen LogP contribution is -2.02. The molecule has 6 nitrogen and oxygen atoms in total. The van der Waals surface area contributed by atoms with E-state index in [0.717, 1.165) is 66.1 Å². The maximum Gasteiger partial charge on any atom is 0.0992 e. The average Bonchev–Trinajstić information content (AvgIpc) is 3.60. The van der Waals surface area contributed by atoms with Gasteiger partial charge in [-0.2, -0.15) is 15.8 Å². The van der Waals surface area contributed by atoms with Gasteiger partial charge in [0.1, 0.15) is 0 Å². The molecule has 0 fully saturated rings. The summed E-state index contributed by atoms with van der Waals surface area (Å²) in [5.41, 5.74) is 9.19. The topological polar surface area (TPSA) is 94.1 Å². The molecule has 0 bridgehead atoms. The molecule has 0 saturated heterocycles. The van der Waals surface area contributed by atoms with Crippen molar-refractivity contribution in [1.82, 2.24) is 14.1 Å². The fraction of sp³-hybridized carbons (Fsp3) is 0. The third-order valence-corrected chi connectivity index (χ3v) is 8.30. The molecule has 8 rings (SSSR count). The number of hydrogen-bond acceptors (Lipinski definition) is 4. The summed E-state index contributed by atoms with van der Waals surface area (Å²) in [6, 6.07) is 42.4. The molecule has 5 aromatic carbocycles. The van der Waals surface area contributed by atoms with Gasteiger partial charge in [-0.05, 0) is 66.7 Å². The first-order chi connectivity index (χ1) is 21.7. The minimum atomic E-state index is 0.537. The Morgan fingerprint density at radius 3 is 1.55 bits per heavy atom. The van der Waals surface area contributed by atoms with Gasteiger partial charge < -0.3 is 9.13 Å². The van der Waals surface area contributed by atoms with Gasteiger partial charge in [0.2, 0.25) is 0 Å². The first-order valence-corrected chi connectivity index (χ1v) is 14.1. The minimum absolute atomic E-state index is 0.537. The van der Waals surface area contributed by atoms with Crippen molar-refractivity contribution in [2.45, 2.75) is 0 Å². The number of aromatic nitrogens is 3. The second-order valence-corrected chi connectivity index (χ2v) is 10.6. The maximum absolute atomic E-state index is 9.97. The lowest BCUT2D eigenvalue weighted by atomic mass is 10.0. The van der Waals surface area contributed by atoms with E-state index in [1.165, 1.54) is 0 Å². The molecule has 3 aromatic heterocycles. The van der Waals surface area contributed by atoms with Crippen LogP contribution in [-0.2, 0) is 0 Å². The van der Waals surface area contributed by atoms with E-state index < -0.39 is 0 Å². The number of nitrogens with zero attached hydrogens (tertiary/aromatic N) is 6. The van der Waals surface area contributed by atoms with Crippen LogP contribution in [0.3, 0.4) is 0 Å². The zero-order valence-corrected chi connectivity index (χ0v) is 23.2. The van der Waals surface area contributed by atoms with Gasteiger partial charge in [-0.15, -0.1) is 0 Å². The standard InChI is InChI=1S/C38H20N6/c39-20-24-10-13-35-30(17-24)27-5-1-3-7-33(27)43(35)37-15-16-42-23-32(37)29-12-9-26(22-41)19-38(29)44-34-8-4-2-6-28(34)31-18-25(21-40)11-14-36(31)44/h1-19,23H. The van der Waals surface area contributed by atoms with E-state index in [9.17, 15) is 15.8 Å². The second-order valence-electron chi connectivity index (χ2n) is 10.6. The average molecular weight is 561 g/mol. The summed E-state index contributed by atoms with van der Waals surface area (Å²) in [7, 11) is 0. The maximum atomic E-state index is 9.97. The van der Waals surface area contributed by atoms with Gasteiger partial charge in [0.25, 0.3) is 0 Å². The summed E-state index contributed by atoms with van der Waals surface area (Å²) >= 11 is 0. The molecule has 3 heterocycles. The quantitative estimate of drug-likeness (QED) is 0.216. The summed E-state index contributed by atoms with van der Waals surface area (Å²) in [5.74, 6) is 0. The Morgan fingerprint density at radius 1 is 0.455 bits per heavy atom. The van der Waals surface area contributed by atoms with Gasteiger partial charge in [0, 0.05) is 45.1 Å². The highest BCUT2D eigenvalue weighted by atomic mass is 15.0. The number of hydrogen-bond donors (Lipinski definition) is 0. The van der Waals surface area contributed by atoms with Crippen molar-refractivity contribution in [3.05, 3.63) is 138 Å². The van der Waals surface area contributed by atoms with Gasteiger partial charge in [0.05, 0.1) is 68.3 Å². The summed E-state index contributed by atoms with van der Waals surface area (Å²) < 4.78 is 4.39. The first kappa shape index (κ1) is 25.1. The molecular weight excluding hydrogens is 540 g/mol. The predicted octanol–water partition coefficient (Wildman–Crippen LogP) is 8.56. The highest BCUT2D eigenvalue weighted by Gasteiger charge is 2.21. The molecule has 0 unspecified atom stereocenters. The van der Waals surface area contributed by atoms with Crippen molar-refractivity contribution < 1.29 is 0 Å². The van der Waals surface area contributed by atoms with Crippen molar-refractivity contribution >= 4 is 43.6 Å². The zero-order valence-electron chi connectivity index (χ0n) is 23.2. The predicted molar refractivity (Wildman–Crippen MR) is 172 cm³/mol. The SMILES string of the molecule is N#Cc1ccc(-c2cnccc2-n2c3ccccc3c3cc(C#N)ccc32)c(-n2c3ccccc3c3cc(C#N)ccc32)c1. The highest BCUT2D eigenvalue weighted by molar-refractivity contribution is 6.11. The van der Waals surface area contributed by atoms with Crippen LogP contribution in [0.4, 0.5) is 0 Å². The molecule has 6 heteroatoms. The van der Waals surface area contributed by atoms with E-state index in [4.69, 9.17) is 0 Å². The van der Waals surface area contributed by atoms with Crippen molar-refractivity contribution in [3.8, 4) is 40.7 Å². The van der Waals surface area contributed by atoms with E-state index in [0.29, 0.717) is 16.7 Å². The number of para-hydroxylation sites is 2. The summed E-state index contributed by atoms with van der Waals surface area (Å²) in [5, 5.41) is 33.3. The molecule has 8 aromatic rings. The van der Waals surface area contributed by atoms with Gasteiger partial charge >= 0.3 is 0 Å². The summed E-state index contributed by atoms with van der Waals surface area (Å²) in [6.45, 7) is 0. The van der Waals surface area contributed by atoms with E-state index in [-0.39, 0.29) is 0 Å². The van der Waals surface area contributed by atoms with E-state index in [1.807, 2.05) is 91.1 Å². The highest BCUT2D eigenvalue weighted by Crippen LogP contribution is 2.40. The summed E-state index contributed by atoms with van der Waals surface area (Å²) in [4.78, 5) is 4.56. The molecule has 0 aliphatic carbocycles. The fourth-order valence-corrected chi connectivity index (χ4v) is 6.41. The minimum Gasteiger partial charge on any atom is -0.309 e. The molecule has 0 aliphatic heterocycles. The Hall–Kier alpha value is -6.68. The van der Waals surface area contributed by atoms with Crippen LogP contribution in [0.2, 0.25) is 0 Å². The Labute approximate surface area is 252 Å². The molecule has 0 radical (unpaired) electrons. The van der Waals surface area contributed by atoms with Crippen molar-refractivity contribution in [2.24, 2.45) is 0 Å². The molecule has 44 heavy (non-hydrogen) atoms. The molecule has 0 amide bonds. The first-order valence-electron chi connectivity index (χ1n) is 14.1. The van der Waals surface area contributed by atoms with E-state index in [1.54, 1.807) is 6.20 Å². The Balaban J connectivity index is 1.48. The van der Waals surface area contributed by atoms with Crippen molar-refractivity contribution in [2.75, 3.05) is 0 Å². The van der Waals surface area contributed by atoms with Crippen LogP contribution in [0.25, 0.3) is 66.1 Å². The van der Waals surface area contributed by atoms with Crippen LogP contribution in [0.1, 0.15) is 16.7 Å². The molecule has 0 saturated carbocycles. The Bertz CT molecular complexity index is 2600. The Kier molecular flexibility index (Phi) is 5.53. The van der Waals surface area contributed by atoms with Crippen molar-refractivity contribution in [3.63, 3.8) is 0 Å². The third-order valence-electron chi connectivity index (χ3n) is 8.30. The van der Waals surface area contributed by atoms with Gasteiger partial charge in [-0.25, -0.2) is 0 Å². The van der Waals surface area contributed by atoms with Crippen LogP contribution >= 0.6 is 0 Å². The summed E-state index contributed by atoms with van der Waals surface area (Å²) in [6.07, 6.45) is 3.66. The van der Waals surface area contributed by atoms with Crippen LogP contribution < -0.4 is 0 Å². The third kappa shape index (κ3) is 3.61. The zero-order chi connectivity index (χ0) is 29.8. The van der Waals surface area contributed by atoms with Gasteiger partial charge in [-0.3, -0.25) is 4.98 Å². The molecule has 202 valence electrons. The van der Waals surface area contributed by atoms with E-state index in [2.05, 4.69) is 56.6 Å². The van der Waals surface area contributed by atoms with Crippen LogP contribution in [0.15, 0.2) is 122 Å². The van der Waals surface area contributed by atoms with Crippen LogP contribution in [-0.4, -0.2) is 14.1 Å². The fourth-order valence-electron chi connectivity index (χ4n) is 6.41. The number of benzene rings is 5. The number of nitriles is 3. The number of pyridine rings is 1. The smallest absolute Gasteiger partial charge is 0.0992 e. The molecule has 0 N–H and O–H groups in total. The monoisotopic (exact) mass is 560 g/mol. The molecule has 0 aliphatic rings. The molecule has 0 spiro atoms. The number of rotatable bonds is 3. The lowest BCUT2D eigenvalue weighted by Gasteiger charge is -2.18. The normalized spacial score (nSPS) is 11.1. The second kappa shape index (κ2) is 9.71. The number of fused-ring (bicyclic) bond motifs is 6. The largest absolute Gasteiger partial charge is 0.309 e. The molecule has 0 atom stereocenters. The van der Waals surface area contributed by atoms with Crippen LogP contribution in [0.5, 0.6) is 0 Å². The van der Waals surface area contributed by atoms with Gasteiger partial charge in [0.15, 0.2) is 0 Å². The molecular formula is C38H20N6.